The summed E-state index contributed by atoms with van der Waals surface area (Å²) in [5.41, 5.74) is 5.90. The molecule has 9 nitrogen and oxygen atoms in total. The molecule has 0 saturated heterocycles. The minimum atomic E-state index is -1.20. The van der Waals surface area contributed by atoms with Crippen LogP contribution in [0.5, 0.6) is 0 Å². The van der Waals surface area contributed by atoms with Crippen LogP contribution in [0.1, 0.15) is 34.6 Å². The van der Waals surface area contributed by atoms with Gasteiger partial charge in [0.05, 0.1) is 10.5 Å². The number of amides is 1. The first kappa shape index (κ1) is 19.6. The highest BCUT2D eigenvalue weighted by Crippen LogP contribution is 2.21. The third-order valence-electron chi connectivity index (χ3n) is 3.66. The van der Waals surface area contributed by atoms with Crippen LogP contribution >= 0.6 is 0 Å². The maximum Gasteiger partial charge on any atom is 0.341 e. The van der Waals surface area contributed by atoms with Crippen LogP contribution in [0.4, 0.5) is 17.1 Å². The fourth-order valence-electron chi connectivity index (χ4n) is 2.17. The second-order valence-corrected chi connectivity index (χ2v) is 5.70. The van der Waals surface area contributed by atoms with Crippen molar-refractivity contribution in [1.29, 1.82) is 0 Å². The van der Waals surface area contributed by atoms with Crippen molar-refractivity contribution < 1.29 is 24.0 Å². The van der Waals surface area contributed by atoms with E-state index in [9.17, 15) is 24.5 Å². The van der Waals surface area contributed by atoms with Crippen molar-refractivity contribution in [2.24, 2.45) is 0 Å². The van der Waals surface area contributed by atoms with E-state index in [0.717, 1.165) is 12.1 Å². The van der Waals surface area contributed by atoms with Crippen LogP contribution in [0.15, 0.2) is 42.5 Å². The van der Waals surface area contributed by atoms with Crippen molar-refractivity contribution in [3.8, 4) is 0 Å². The van der Waals surface area contributed by atoms with Crippen LogP contribution in [0.3, 0.4) is 0 Å². The predicted molar refractivity (Wildman–Crippen MR) is 97.5 cm³/mol. The number of benzene rings is 2. The minimum absolute atomic E-state index is 0.00707. The first-order valence-electron chi connectivity index (χ1n) is 7.86. The summed E-state index contributed by atoms with van der Waals surface area (Å²) in [7, 11) is 0. The van der Waals surface area contributed by atoms with Crippen LogP contribution in [0, 0.1) is 10.1 Å². The van der Waals surface area contributed by atoms with E-state index in [4.69, 9.17) is 10.5 Å². The number of nitrogens with zero attached hydrogens (tertiary/aromatic N) is 1. The number of non-ortho nitro benzene ring substituents is 1. The van der Waals surface area contributed by atoms with Gasteiger partial charge in [0, 0.05) is 29.1 Å². The molecule has 0 aromatic heterocycles. The molecule has 0 unspecified atom stereocenters. The first-order chi connectivity index (χ1) is 12.7. The van der Waals surface area contributed by atoms with Gasteiger partial charge in [-0.15, -0.1) is 0 Å². The number of anilines is 2. The van der Waals surface area contributed by atoms with E-state index >= 15 is 0 Å². The van der Waals surface area contributed by atoms with Crippen LogP contribution in [0.2, 0.25) is 0 Å². The number of ether oxygens (including phenoxy) is 1. The summed E-state index contributed by atoms with van der Waals surface area (Å²) in [6, 6.07) is 9.64. The molecule has 1 amide bonds. The number of nitrogens with two attached hydrogens (primary N) is 1. The lowest BCUT2D eigenvalue weighted by atomic mass is 10.1. The molecule has 2 rings (SSSR count). The smallest absolute Gasteiger partial charge is 0.341 e. The Morgan fingerprint density at radius 2 is 1.89 bits per heavy atom. The highest BCUT2D eigenvalue weighted by molar-refractivity contribution is 6.01. The van der Waals surface area contributed by atoms with E-state index in [-0.39, 0.29) is 22.7 Å². The lowest BCUT2D eigenvalue weighted by molar-refractivity contribution is -0.384. The number of esters is 1. The maximum absolute atomic E-state index is 12.2. The first-order valence-corrected chi connectivity index (χ1v) is 7.86. The number of nitrogens with one attached hydrogen (secondary N) is 1. The Bertz CT molecular complexity index is 925. The molecule has 140 valence electrons. The highest BCUT2D eigenvalue weighted by Gasteiger charge is 2.22. The molecule has 0 aliphatic rings. The molecule has 0 aliphatic heterocycles. The van der Waals surface area contributed by atoms with Gasteiger partial charge in [0.1, 0.15) is 0 Å². The number of Topliss-reactive ketones (excluding diaryl/α,β-unsaturated/α-hetero) is 1. The van der Waals surface area contributed by atoms with Crippen LogP contribution in [-0.4, -0.2) is 28.7 Å². The maximum atomic E-state index is 12.2. The third-order valence-corrected chi connectivity index (χ3v) is 3.66. The molecule has 0 fully saturated rings. The lowest BCUT2D eigenvalue weighted by Gasteiger charge is -2.14. The lowest BCUT2D eigenvalue weighted by Crippen LogP contribution is -2.30. The van der Waals surface area contributed by atoms with Gasteiger partial charge < -0.3 is 15.8 Å². The van der Waals surface area contributed by atoms with Gasteiger partial charge in [-0.3, -0.25) is 19.7 Å². The normalized spacial score (nSPS) is 11.3. The van der Waals surface area contributed by atoms with E-state index in [1.807, 2.05) is 0 Å². The van der Waals surface area contributed by atoms with Crippen molar-refractivity contribution >= 4 is 34.7 Å². The van der Waals surface area contributed by atoms with Gasteiger partial charge >= 0.3 is 5.97 Å². The number of carbonyl (C=O) groups excluding carboxylic acids is 3. The zero-order chi connectivity index (χ0) is 20.1. The highest BCUT2D eigenvalue weighted by atomic mass is 16.6. The minimum Gasteiger partial charge on any atom is -0.449 e. The SMILES string of the molecule is CC(=O)c1cccc(NC(=O)[C@H](C)OC(=O)c2cc([N+](=O)[O-])ccc2N)c1. The van der Waals surface area contributed by atoms with Gasteiger partial charge in [-0.2, -0.15) is 0 Å². The van der Waals surface area contributed by atoms with E-state index in [2.05, 4.69) is 5.32 Å². The molecule has 1 atom stereocenters. The van der Waals surface area contributed by atoms with Gasteiger partial charge in [0.25, 0.3) is 11.6 Å². The van der Waals surface area contributed by atoms with Gasteiger partial charge in [-0.1, -0.05) is 12.1 Å². The number of nitro groups is 1. The van der Waals surface area contributed by atoms with Gasteiger partial charge in [-0.25, -0.2) is 4.79 Å². The number of nitro benzene ring substituents is 1. The number of rotatable bonds is 6. The second kappa shape index (κ2) is 8.09. The summed E-state index contributed by atoms with van der Waals surface area (Å²) in [6.45, 7) is 2.74. The molecular weight excluding hydrogens is 354 g/mol. The van der Waals surface area contributed by atoms with Crippen LogP contribution in [-0.2, 0) is 9.53 Å². The Morgan fingerprint density at radius 1 is 1.19 bits per heavy atom. The van der Waals surface area contributed by atoms with Crippen LogP contribution in [0.25, 0.3) is 0 Å². The molecule has 3 N–H and O–H groups in total. The Morgan fingerprint density at radius 3 is 2.52 bits per heavy atom. The molecule has 0 bridgehead atoms. The Balaban J connectivity index is 2.09. The fourth-order valence-corrected chi connectivity index (χ4v) is 2.17. The predicted octanol–water partition coefficient (Wildman–Crippen LogP) is 2.56. The van der Waals surface area contributed by atoms with E-state index in [0.29, 0.717) is 11.3 Å². The zero-order valence-electron chi connectivity index (χ0n) is 14.6. The Kier molecular flexibility index (Phi) is 5.86. The summed E-state index contributed by atoms with van der Waals surface area (Å²) < 4.78 is 5.04. The number of hydrogen-bond acceptors (Lipinski definition) is 7. The van der Waals surface area contributed by atoms with Gasteiger partial charge in [0.15, 0.2) is 11.9 Å². The number of ketones is 1. The topological polar surface area (TPSA) is 142 Å². The number of hydrogen-bond donors (Lipinski definition) is 2. The van der Waals surface area contributed by atoms with Crippen molar-refractivity contribution in [3.63, 3.8) is 0 Å². The molecule has 0 radical (unpaired) electrons. The van der Waals surface area contributed by atoms with Crippen molar-refractivity contribution in [2.45, 2.75) is 20.0 Å². The molecule has 0 saturated carbocycles. The molecule has 2 aromatic carbocycles. The monoisotopic (exact) mass is 371 g/mol. The van der Waals surface area contributed by atoms with E-state index in [1.165, 1.54) is 26.0 Å². The van der Waals surface area contributed by atoms with Crippen LogP contribution < -0.4 is 11.1 Å². The molecule has 27 heavy (non-hydrogen) atoms. The second-order valence-electron chi connectivity index (χ2n) is 5.70. The summed E-state index contributed by atoms with van der Waals surface area (Å²) in [6.07, 6.45) is -1.20. The quantitative estimate of drug-likeness (QED) is 0.261. The Hall–Kier alpha value is -3.75. The zero-order valence-corrected chi connectivity index (χ0v) is 14.6. The molecule has 0 spiro atoms. The summed E-state index contributed by atoms with van der Waals surface area (Å²) in [4.78, 5) is 45.9. The number of nitrogen functional groups attached to an aromatic ring is 1. The summed E-state index contributed by atoms with van der Waals surface area (Å²) in [5, 5.41) is 13.4. The molecule has 0 aliphatic carbocycles. The standard InChI is InChI=1S/C18H17N3O6/c1-10(22)12-4-3-5-13(8-12)20-17(23)11(2)27-18(24)15-9-14(21(25)26)6-7-16(15)19/h3-9,11H,19H2,1-2H3,(H,20,23)/t11-/m0/s1. The molecular formula is C18H17N3O6. The van der Waals surface area contributed by atoms with E-state index < -0.39 is 22.9 Å². The largest absolute Gasteiger partial charge is 0.449 e. The molecule has 9 heteroatoms. The average molecular weight is 371 g/mol. The summed E-state index contributed by atoms with van der Waals surface area (Å²) in [5.74, 6) is -1.75. The van der Waals surface area contributed by atoms with Crippen molar-refractivity contribution in [2.75, 3.05) is 11.1 Å². The summed E-state index contributed by atoms with van der Waals surface area (Å²) >= 11 is 0. The van der Waals surface area contributed by atoms with E-state index in [1.54, 1.807) is 18.2 Å². The fraction of sp³-hybridized carbons (Fsp3) is 0.167. The average Bonchev–Trinajstić information content (AvgIpc) is 2.61. The molecule has 2 aromatic rings. The van der Waals surface area contributed by atoms with Crippen molar-refractivity contribution in [1.82, 2.24) is 0 Å². The molecule has 0 heterocycles. The number of carbonyl (C=O) groups is 3. The Labute approximate surface area is 154 Å². The van der Waals surface area contributed by atoms with Gasteiger partial charge in [0.2, 0.25) is 0 Å². The van der Waals surface area contributed by atoms with Gasteiger partial charge in [-0.05, 0) is 32.0 Å². The van der Waals surface area contributed by atoms with Crippen molar-refractivity contribution in [3.05, 3.63) is 63.7 Å². The third kappa shape index (κ3) is 4.88.